The van der Waals surface area contributed by atoms with Gasteiger partial charge in [-0.3, -0.25) is 0 Å². The van der Waals surface area contributed by atoms with Gasteiger partial charge in [0.25, 0.3) is 0 Å². The van der Waals surface area contributed by atoms with Crippen molar-refractivity contribution < 1.29 is 0 Å². The Kier molecular flexibility index (Phi) is 3.74. The van der Waals surface area contributed by atoms with Gasteiger partial charge in [0.1, 0.15) is 11.6 Å². The monoisotopic (exact) mass is 291 g/mol. The highest BCUT2D eigenvalue weighted by Gasteiger charge is 2.05. The van der Waals surface area contributed by atoms with Crippen molar-refractivity contribution in [2.75, 3.05) is 12.4 Å². The van der Waals surface area contributed by atoms with Crippen LogP contribution in [-0.4, -0.2) is 17.0 Å². The second-order valence-corrected chi connectivity index (χ2v) is 4.69. The summed E-state index contributed by atoms with van der Waals surface area (Å²) in [7, 11) is 1.85. The van der Waals surface area contributed by atoms with Crippen molar-refractivity contribution >= 4 is 21.7 Å². The van der Waals surface area contributed by atoms with E-state index in [-0.39, 0.29) is 0 Å². The number of anilines is 1. The third kappa shape index (κ3) is 2.82. The average Bonchev–Trinajstić information content (AvgIpc) is 2.34. The number of benzene rings is 1. The van der Waals surface area contributed by atoms with Crippen molar-refractivity contribution in [2.45, 2.75) is 13.3 Å². The molecule has 0 aliphatic carbocycles. The first-order valence-electron chi connectivity index (χ1n) is 5.44. The highest BCUT2D eigenvalue weighted by Crippen LogP contribution is 2.19. The lowest BCUT2D eigenvalue weighted by Crippen LogP contribution is -2.02. The van der Waals surface area contributed by atoms with Gasteiger partial charge in [-0.05, 0) is 34.0 Å². The molecule has 3 nitrogen and oxygen atoms in total. The highest BCUT2D eigenvalue weighted by molar-refractivity contribution is 9.10. The first-order valence-corrected chi connectivity index (χ1v) is 6.23. The molecule has 0 unspecified atom stereocenters. The SMILES string of the molecule is CNc1nc(Cc2ccccc2C)ncc1Br. The predicted octanol–water partition coefficient (Wildman–Crippen LogP) is 3.18. The van der Waals surface area contributed by atoms with Crippen LogP contribution in [0.25, 0.3) is 0 Å². The van der Waals surface area contributed by atoms with E-state index in [2.05, 4.69) is 50.3 Å². The van der Waals surface area contributed by atoms with Gasteiger partial charge in [0.05, 0.1) is 4.47 Å². The van der Waals surface area contributed by atoms with Crippen LogP contribution in [0.2, 0.25) is 0 Å². The van der Waals surface area contributed by atoms with E-state index in [9.17, 15) is 0 Å². The third-order valence-corrected chi connectivity index (χ3v) is 3.22. The van der Waals surface area contributed by atoms with Crippen molar-refractivity contribution in [3.05, 3.63) is 51.9 Å². The molecule has 2 rings (SSSR count). The zero-order valence-corrected chi connectivity index (χ0v) is 11.5. The van der Waals surface area contributed by atoms with Crippen LogP contribution in [0, 0.1) is 6.92 Å². The molecule has 0 fully saturated rings. The molecule has 1 heterocycles. The summed E-state index contributed by atoms with van der Waals surface area (Å²) in [4.78, 5) is 8.78. The summed E-state index contributed by atoms with van der Waals surface area (Å²) in [6.07, 6.45) is 2.54. The fraction of sp³-hybridized carbons (Fsp3) is 0.231. The third-order valence-electron chi connectivity index (χ3n) is 2.64. The van der Waals surface area contributed by atoms with E-state index in [4.69, 9.17) is 0 Å². The summed E-state index contributed by atoms with van der Waals surface area (Å²) in [6.45, 7) is 2.10. The van der Waals surface area contributed by atoms with Gasteiger partial charge in [0, 0.05) is 19.7 Å². The van der Waals surface area contributed by atoms with E-state index in [1.807, 2.05) is 19.2 Å². The standard InChI is InChI=1S/C13H14BrN3/c1-9-5-3-4-6-10(9)7-12-16-8-11(14)13(15-2)17-12/h3-6,8H,7H2,1-2H3,(H,15,16,17). The second kappa shape index (κ2) is 5.27. The van der Waals surface area contributed by atoms with E-state index < -0.39 is 0 Å². The Morgan fingerprint density at radius 1 is 1.29 bits per heavy atom. The molecular formula is C13H14BrN3. The Labute approximate surface area is 109 Å². The van der Waals surface area contributed by atoms with Crippen LogP contribution in [-0.2, 0) is 6.42 Å². The molecule has 0 aliphatic heterocycles. The number of aryl methyl sites for hydroxylation is 1. The first-order chi connectivity index (χ1) is 8.20. The number of halogens is 1. The maximum absolute atomic E-state index is 4.46. The molecule has 0 amide bonds. The smallest absolute Gasteiger partial charge is 0.143 e. The molecule has 0 saturated heterocycles. The fourth-order valence-electron chi connectivity index (χ4n) is 1.64. The van der Waals surface area contributed by atoms with Crippen molar-refractivity contribution in [1.29, 1.82) is 0 Å². The van der Waals surface area contributed by atoms with Crippen LogP contribution >= 0.6 is 15.9 Å². The van der Waals surface area contributed by atoms with Gasteiger partial charge in [-0.25, -0.2) is 9.97 Å². The number of hydrogen-bond acceptors (Lipinski definition) is 3. The lowest BCUT2D eigenvalue weighted by atomic mass is 10.1. The molecule has 1 N–H and O–H groups in total. The van der Waals surface area contributed by atoms with E-state index in [0.717, 1.165) is 22.5 Å². The summed E-state index contributed by atoms with van der Waals surface area (Å²) in [5, 5.41) is 3.04. The maximum Gasteiger partial charge on any atom is 0.143 e. The van der Waals surface area contributed by atoms with Crippen molar-refractivity contribution in [2.24, 2.45) is 0 Å². The van der Waals surface area contributed by atoms with E-state index in [1.165, 1.54) is 11.1 Å². The van der Waals surface area contributed by atoms with E-state index >= 15 is 0 Å². The van der Waals surface area contributed by atoms with Gasteiger partial charge >= 0.3 is 0 Å². The van der Waals surface area contributed by atoms with Crippen LogP contribution in [0.5, 0.6) is 0 Å². The number of aromatic nitrogens is 2. The molecule has 4 heteroatoms. The fourth-order valence-corrected chi connectivity index (χ4v) is 2.03. The largest absolute Gasteiger partial charge is 0.372 e. The Balaban J connectivity index is 2.28. The van der Waals surface area contributed by atoms with Gasteiger partial charge in [-0.1, -0.05) is 24.3 Å². The van der Waals surface area contributed by atoms with Gasteiger partial charge in [-0.2, -0.15) is 0 Å². The Morgan fingerprint density at radius 3 is 2.76 bits per heavy atom. The van der Waals surface area contributed by atoms with Crippen LogP contribution in [0.3, 0.4) is 0 Å². The van der Waals surface area contributed by atoms with Gasteiger partial charge in [0.15, 0.2) is 0 Å². The second-order valence-electron chi connectivity index (χ2n) is 3.84. The zero-order valence-electron chi connectivity index (χ0n) is 9.87. The topological polar surface area (TPSA) is 37.8 Å². The maximum atomic E-state index is 4.46. The zero-order chi connectivity index (χ0) is 12.3. The van der Waals surface area contributed by atoms with Crippen LogP contribution < -0.4 is 5.32 Å². The lowest BCUT2D eigenvalue weighted by molar-refractivity contribution is 0.956. The van der Waals surface area contributed by atoms with Gasteiger partial charge in [-0.15, -0.1) is 0 Å². The molecule has 88 valence electrons. The molecule has 0 aliphatic rings. The molecule has 0 radical (unpaired) electrons. The Morgan fingerprint density at radius 2 is 2.06 bits per heavy atom. The molecule has 2 aromatic rings. The minimum absolute atomic E-state index is 0.759. The van der Waals surface area contributed by atoms with Crippen LogP contribution in [0.4, 0.5) is 5.82 Å². The van der Waals surface area contributed by atoms with Crippen LogP contribution in [0.1, 0.15) is 17.0 Å². The molecule has 17 heavy (non-hydrogen) atoms. The summed E-state index contributed by atoms with van der Waals surface area (Å²) in [5.74, 6) is 1.65. The molecule has 0 spiro atoms. The molecular weight excluding hydrogens is 278 g/mol. The highest BCUT2D eigenvalue weighted by atomic mass is 79.9. The number of rotatable bonds is 3. The average molecular weight is 292 g/mol. The Hall–Kier alpha value is -1.42. The summed E-state index contributed by atoms with van der Waals surface area (Å²) in [5.41, 5.74) is 2.53. The van der Waals surface area contributed by atoms with E-state index in [0.29, 0.717) is 0 Å². The summed E-state index contributed by atoms with van der Waals surface area (Å²) >= 11 is 3.40. The minimum Gasteiger partial charge on any atom is -0.372 e. The molecule has 0 bridgehead atoms. The number of hydrogen-bond donors (Lipinski definition) is 1. The quantitative estimate of drug-likeness (QED) is 0.944. The van der Waals surface area contributed by atoms with E-state index in [1.54, 1.807) is 6.20 Å². The minimum atomic E-state index is 0.759. The number of nitrogens with zero attached hydrogens (tertiary/aromatic N) is 2. The van der Waals surface area contributed by atoms with Crippen molar-refractivity contribution in [1.82, 2.24) is 9.97 Å². The molecule has 0 atom stereocenters. The van der Waals surface area contributed by atoms with Crippen molar-refractivity contribution in [3.63, 3.8) is 0 Å². The molecule has 1 aromatic heterocycles. The molecule has 1 aromatic carbocycles. The lowest BCUT2D eigenvalue weighted by Gasteiger charge is -2.07. The van der Waals surface area contributed by atoms with Crippen LogP contribution in [0.15, 0.2) is 34.9 Å². The van der Waals surface area contributed by atoms with Gasteiger partial charge in [0.2, 0.25) is 0 Å². The first kappa shape index (κ1) is 12.0. The summed E-state index contributed by atoms with van der Waals surface area (Å²) < 4.78 is 0.883. The summed E-state index contributed by atoms with van der Waals surface area (Å²) in [6, 6.07) is 8.30. The molecule has 0 saturated carbocycles. The van der Waals surface area contributed by atoms with Gasteiger partial charge < -0.3 is 5.32 Å². The number of nitrogens with one attached hydrogen (secondary N) is 1. The van der Waals surface area contributed by atoms with Crippen molar-refractivity contribution in [3.8, 4) is 0 Å². The predicted molar refractivity (Wildman–Crippen MR) is 73.3 cm³/mol. The Bertz CT molecular complexity index is 526. The normalized spacial score (nSPS) is 10.3.